The fraction of sp³-hybridized carbons (Fsp3) is 0.154. The number of nitrogens with zero attached hydrogens (tertiary/aromatic N) is 3. The Balaban J connectivity index is 2.23. The Bertz CT molecular complexity index is 663. The molecule has 0 aliphatic carbocycles. The van der Waals surface area contributed by atoms with Gasteiger partial charge in [0.25, 0.3) is 0 Å². The maximum atomic E-state index is 4.59. The SMILES string of the molecule is CCNc1nc(-c2ccncc2)c2ccsc2n1. The number of anilines is 1. The second kappa shape index (κ2) is 4.70. The third-order valence-corrected chi connectivity index (χ3v) is 3.42. The van der Waals surface area contributed by atoms with Crippen LogP contribution in [0.4, 0.5) is 5.95 Å². The van der Waals surface area contributed by atoms with Gasteiger partial charge in [0, 0.05) is 29.9 Å². The highest BCUT2D eigenvalue weighted by Gasteiger charge is 2.10. The molecule has 0 radical (unpaired) electrons. The van der Waals surface area contributed by atoms with E-state index >= 15 is 0 Å². The molecule has 0 unspecified atom stereocenters. The molecule has 18 heavy (non-hydrogen) atoms. The van der Waals surface area contributed by atoms with E-state index in [2.05, 4.69) is 26.3 Å². The first-order valence-electron chi connectivity index (χ1n) is 5.78. The molecule has 0 saturated carbocycles. The summed E-state index contributed by atoms with van der Waals surface area (Å²) >= 11 is 1.63. The second-order valence-corrected chi connectivity index (χ2v) is 4.70. The number of thiophene rings is 1. The van der Waals surface area contributed by atoms with Gasteiger partial charge in [-0.2, -0.15) is 0 Å². The minimum Gasteiger partial charge on any atom is -0.354 e. The average Bonchev–Trinajstić information content (AvgIpc) is 2.87. The Morgan fingerprint density at radius 3 is 2.78 bits per heavy atom. The van der Waals surface area contributed by atoms with E-state index < -0.39 is 0 Å². The van der Waals surface area contributed by atoms with Gasteiger partial charge in [0.1, 0.15) is 4.83 Å². The minimum atomic E-state index is 0.680. The van der Waals surface area contributed by atoms with Gasteiger partial charge in [0.05, 0.1) is 5.69 Å². The molecule has 0 aromatic carbocycles. The van der Waals surface area contributed by atoms with Gasteiger partial charge in [-0.15, -0.1) is 11.3 Å². The predicted octanol–water partition coefficient (Wildman–Crippen LogP) is 3.19. The maximum Gasteiger partial charge on any atom is 0.224 e. The van der Waals surface area contributed by atoms with Crippen molar-refractivity contribution < 1.29 is 0 Å². The van der Waals surface area contributed by atoms with Crippen LogP contribution in [-0.4, -0.2) is 21.5 Å². The van der Waals surface area contributed by atoms with Crippen molar-refractivity contribution in [1.82, 2.24) is 15.0 Å². The highest BCUT2D eigenvalue weighted by atomic mass is 32.1. The van der Waals surface area contributed by atoms with Crippen molar-refractivity contribution in [2.24, 2.45) is 0 Å². The zero-order valence-electron chi connectivity index (χ0n) is 9.92. The molecule has 3 aromatic heterocycles. The van der Waals surface area contributed by atoms with E-state index in [4.69, 9.17) is 0 Å². The summed E-state index contributed by atoms with van der Waals surface area (Å²) in [5, 5.41) is 6.30. The Morgan fingerprint density at radius 2 is 2.00 bits per heavy atom. The normalized spacial score (nSPS) is 10.7. The molecule has 3 aromatic rings. The van der Waals surface area contributed by atoms with Gasteiger partial charge in [-0.1, -0.05) is 0 Å². The van der Waals surface area contributed by atoms with E-state index in [9.17, 15) is 0 Å². The van der Waals surface area contributed by atoms with Crippen LogP contribution in [0.5, 0.6) is 0 Å². The number of hydrogen-bond acceptors (Lipinski definition) is 5. The van der Waals surface area contributed by atoms with Crippen LogP contribution in [0.1, 0.15) is 6.92 Å². The fourth-order valence-corrected chi connectivity index (χ4v) is 2.59. The van der Waals surface area contributed by atoms with E-state index in [1.807, 2.05) is 24.4 Å². The summed E-state index contributed by atoms with van der Waals surface area (Å²) in [7, 11) is 0. The molecule has 0 spiro atoms. The first kappa shape index (κ1) is 11.1. The number of pyridine rings is 1. The molecule has 0 aliphatic rings. The van der Waals surface area contributed by atoms with Gasteiger partial charge < -0.3 is 5.32 Å². The van der Waals surface area contributed by atoms with Crippen LogP contribution in [0, 0.1) is 0 Å². The highest BCUT2D eigenvalue weighted by Crippen LogP contribution is 2.29. The second-order valence-electron chi connectivity index (χ2n) is 3.80. The van der Waals surface area contributed by atoms with Crippen LogP contribution in [0.2, 0.25) is 0 Å². The van der Waals surface area contributed by atoms with Gasteiger partial charge in [0.15, 0.2) is 0 Å². The first-order chi connectivity index (χ1) is 8.88. The Kier molecular flexibility index (Phi) is 2.90. The molecule has 5 heteroatoms. The average molecular weight is 256 g/mol. The third-order valence-electron chi connectivity index (χ3n) is 2.61. The van der Waals surface area contributed by atoms with Crippen LogP contribution >= 0.6 is 11.3 Å². The summed E-state index contributed by atoms with van der Waals surface area (Å²) in [5.74, 6) is 0.680. The predicted molar refractivity (Wildman–Crippen MR) is 74.8 cm³/mol. The lowest BCUT2D eigenvalue weighted by Crippen LogP contribution is -2.02. The van der Waals surface area contributed by atoms with E-state index in [0.717, 1.165) is 28.0 Å². The number of hydrogen-bond donors (Lipinski definition) is 1. The molecule has 0 atom stereocenters. The third kappa shape index (κ3) is 1.93. The minimum absolute atomic E-state index is 0.680. The molecule has 0 aliphatic heterocycles. The number of fused-ring (bicyclic) bond motifs is 1. The Labute approximate surface area is 109 Å². The monoisotopic (exact) mass is 256 g/mol. The van der Waals surface area contributed by atoms with E-state index in [1.54, 1.807) is 23.7 Å². The summed E-state index contributed by atoms with van der Waals surface area (Å²) in [6.07, 6.45) is 3.56. The molecule has 90 valence electrons. The standard InChI is InChI=1S/C13H12N4S/c1-2-15-13-16-11(9-3-6-14-7-4-9)10-5-8-18-12(10)17-13/h3-8H,2H2,1H3,(H,15,16,17). The quantitative estimate of drug-likeness (QED) is 0.782. The van der Waals surface area contributed by atoms with Crippen LogP contribution < -0.4 is 5.32 Å². The highest BCUT2D eigenvalue weighted by molar-refractivity contribution is 7.16. The molecule has 0 saturated heterocycles. The first-order valence-corrected chi connectivity index (χ1v) is 6.66. The van der Waals surface area contributed by atoms with Crippen molar-refractivity contribution >= 4 is 27.5 Å². The molecule has 4 nitrogen and oxygen atoms in total. The van der Waals surface area contributed by atoms with Crippen molar-refractivity contribution in [2.75, 3.05) is 11.9 Å². The van der Waals surface area contributed by atoms with Crippen molar-refractivity contribution in [2.45, 2.75) is 6.92 Å². The van der Waals surface area contributed by atoms with Gasteiger partial charge in [-0.05, 0) is 30.5 Å². The topological polar surface area (TPSA) is 50.7 Å². The lowest BCUT2D eigenvalue weighted by atomic mass is 10.1. The fourth-order valence-electron chi connectivity index (χ4n) is 1.82. The molecule has 3 heterocycles. The number of rotatable bonds is 3. The molecule has 3 rings (SSSR count). The summed E-state index contributed by atoms with van der Waals surface area (Å²) < 4.78 is 0. The van der Waals surface area contributed by atoms with Crippen LogP contribution in [-0.2, 0) is 0 Å². The van der Waals surface area contributed by atoms with Gasteiger partial charge in [-0.25, -0.2) is 9.97 Å². The summed E-state index contributed by atoms with van der Waals surface area (Å²) in [4.78, 5) is 14.1. The van der Waals surface area contributed by atoms with Gasteiger partial charge >= 0.3 is 0 Å². The van der Waals surface area contributed by atoms with E-state index in [1.165, 1.54) is 0 Å². The molecular weight excluding hydrogens is 244 g/mol. The Hall–Kier alpha value is -2.01. The van der Waals surface area contributed by atoms with Crippen molar-refractivity contribution in [3.8, 4) is 11.3 Å². The lowest BCUT2D eigenvalue weighted by molar-refractivity contribution is 1.11. The molecule has 0 bridgehead atoms. The molecule has 1 N–H and O–H groups in total. The van der Waals surface area contributed by atoms with E-state index in [-0.39, 0.29) is 0 Å². The zero-order valence-corrected chi connectivity index (χ0v) is 10.7. The zero-order chi connectivity index (χ0) is 12.4. The number of nitrogens with one attached hydrogen (secondary N) is 1. The van der Waals surface area contributed by atoms with Gasteiger partial charge in [0.2, 0.25) is 5.95 Å². The van der Waals surface area contributed by atoms with Crippen molar-refractivity contribution in [3.63, 3.8) is 0 Å². The van der Waals surface area contributed by atoms with Crippen LogP contribution in [0.15, 0.2) is 36.0 Å². The smallest absolute Gasteiger partial charge is 0.224 e. The summed E-state index contributed by atoms with van der Waals surface area (Å²) in [6, 6.07) is 6.00. The van der Waals surface area contributed by atoms with E-state index in [0.29, 0.717) is 5.95 Å². The Morgan fingerprint density at radius 1 is 1.17 bits per heavy atom. The van der Waals surface area contributed by atoms with Crippen LogP contribution in [0.3, 0.4) is 0 Å². The molecule has 0 amide bonds. The molecular formula is C13H12N4S. The largest absolute Gasteiger partial charge is 0.354 e. The maximum absolute atomic E-state index is 4.59. The van der Waals surface area contributed by atoms with Crippen LogP contribution in [0.25, 0.3) is 21.5 Å². The lowest BCUT2D eigenvalue weighted by Gasteiger charge is -2.06. The number of aromatic nitrogens is 3. The van der Waals surface area contributed by atoms with Crippen molar-refractivity contribution in [3.05, 3.63) is 36.0 Å². The summed E-state index contributed by atoms with van der Waals surface area (Å²) in [6.45, 7) is 2.85. The van der Waals surface area contributed by atoms with Gasteiger partial charge in [-0.3, -0.25) is 4.98 Å². The van der Waals surface area contributed by atoms with Crippen molar-refractivity contribution in [1.29, 1.82) is 0 Å². The summed E-state index contributed by atoms with van der Waals surface area (Å²) in [5.41, 5.74) is 2.02. The molecule has 0 fully saturated rings.